The Morgan fingerprint density at radius 3 is 2.73 bits per heavy atom. The van der Waals surface area contributed by atoms with Gasteiger partial charge in [-0.25, -0.2) is 0 Å². The van der Waals surface area contributed by atoms with E-state index in [2.05, 4.69) is 44.1 Å². The quantitative estimate of drug-likeness (QED) is 0.170. The summed E-state index contributed by atoms with van der Waals surface area (Å²) in [5.41, 5.74) is 2.65. The Kier molecular flexibility index (Phi) is 9.11. The van der Waals surface area contributed by atoms with Crippen molar-refractivity contribution >= 4 is 22.9 Å². The third-order valence-electron chi connectivity index (χ3n) is 1.44. The lowest BCUT2D eigenvalue weighted by Gasteiger charge is -2.13. The first kappa shape index (κ1) is 11.6. The average molecular weight is 272 g/mol. The minimum Gasteiger partial charge on any atom is -0.317 e. The summed E-state index contributed by atoms with van der Waals surface area (Å²) in [5, 5.41) is 3.26. The van der Waals surface area contributed by atoms with Gasteiger partial charge >= 0.3 is 0 Å². The van der Waals surface area contributed by atoms with Gasteiger partial charge in [0.2, 0.25) is 0 Å². The van der Waals surface area contributed by atoms with E-state index in [0.29, 0.717) is 6.04 Å². The van der Waals surface area contributed by atoms with Crippen LogP contribution < -0.4 is 20.1 Å². The maximum absolute atomic E-state index is 5.20. The first-order chi connectivity index (χ1) is 5.35. The van der Waals surface area contributed by atoms with E-state index in [9.17, 15) is 0 Å². The highest BCUT2D eigenvalue weighted by atomic mass is 127. The highest BCUT2D eigenvalue weighted by molar-refractivity contribution is 14.1. The van der Waals surface area contributed by atoms with Crippen LogP contribution in [0.15, 0.2) is 0 Å². The maximum atomic E-state index is 5.20. The van der Waals surface area contributed by atoms with E-state index in [-0.39, 0.29) is 0 Å². The van der Waals surface area contributed by atoms with Crippen molar-refractivity contribution in [1.82, 2.24) is 14.3 Å². The molecule has 0 fully saturated rings. The van der Waals surface area contributed by atoms with Crippen molar-refractivity contribution < 1.29 is 0 Å². The SMILES string of the molecule is CCNCCC(CNN)NI. The fourth-order valence-electron chi connectivity index (χ4n) is 0.791. The van der Waals surface area contributed by atoms with Gasteiger partial charge in [-0.3, -0.25) is 14.8 Å². The molecule has 1 unspecified atom stereocenters. The van der Waals surface area contributed by atoms with Crippen LogP contribution >= 0.6 is 22.9 Å². The molecule has 0 bridgehead atoms. The van der Waals surface area contributed by atoms with Crippen molar-refractivity contribution in [3.05, 3.63) is 0 Å². The Morgan fingerprint density at radius 1 is 1.55 bits per heavy atom. The number of hydrazine groups is 1. The van der Waals surface area contributed by atoms with Gasteiger partial charge < -0.3 is 5.32 Å². The molecule has 11 heavy (non-hydrogen) atoms. The van der Waals surface area contributed by atoms with Crippen molar-refractivity contribution in [1.29, 1.82) is 0 Å². The molecule has 0 heterocycles. The molecule has 68 valence electrons. The molecule has 0 rings (SSSR count). The predicted molar refractivity (Wildman–Crippen MR) is 56.3 cm³/mol. The zero-order valence-corrected chi connectivity index (χ0v) is 9.02. The smallest absolute Gasteiger partial charge is 0.0314 e. The van der Waals surface area contributed by atoms with Crippen LogP contribution in [0.2, 0.25) is 0 Å². The van der Waals surface area contributed by atoms with Gasteiger partial charge in [0.1, 0.15) is 0 Å². The molecule has 0 aromatic carbocycles. The largest absolute Gasteiger partial charge is 0.317 e. The molecule has 5 N–H and O–H groups in total. The molecule has 0 aliphatic heterocycles. The summed E-state index contributed by atoms with van der Waals surface area (Å²) >= 11 is 2.15. The third kappa shape index (κ3) is 6.95. The van der Waals surface area contributed by atoms with Gasteiger partial charge in [0, 0.05) is 35.5 Å². The van der Waals surface area contributed by atoms with E-state index in [1.807, 2.05) is 0 Å². The van der Waals surface area contributed by atoms with Gasteiger partial charge in [0.25, 0.3) is 0 Å². The average Bonchev–Trinajstić information content (AvgIpc) is 2.03. The lowest BCUT2D eigenvalue weighted by molar-refractivity contribution is 0.519. The van der Waals surface area contributed by atoms with Gasteiger partial charge in [0.15, 0.2) is 0 Å². The van der Waals surface area contributed by atoms with Gasteiger partial charge in [-0.1, -0.05) is 6.92 Å². The molecule has 4 nitrogen and oxygen atoms in total. The highest BCUT2D eigenvalue weighted by Gasteiger charge is 2.03. The second-order valence-electron chi connectivity index (χ2n) is 2.36. The Labute approximate surface area is 82.1 Å². The summed E-state index contributed by atoms with van der Waals surface area (Å²) in [7, 11) is 0. The van der Waals surface area contributed by atoms with Crippen LogP contribution in [0.1, 0.15) is 13.3 Å². The fourth-order valence-corrected chi connectivity index (χ4v) is 1.32. The van der Waals surface area contributed by atoms with Crippen LogP contribution in [0.5, 0.6) is 0 Å². The molecular formula is C6H17IN4. The Morgan fingerprint density at radius 2 is 2.27 bits per heavy atom. The molecule has 0 aliphatic carbocycles. The number of nitrogens with one attached hydrogen (secondary N) is 3. The van der Waals surface area contributed by atoms with E-state index in [0.717, 1.165) is 26.1 Å². The monoisotopic (exact) mass is 272 g/mol. The first-order valence-electron chi connectivity index (χ1n) is 3.85. The number of hydrogen-bond acceptors (Lipinski definition) is 4. The van der Waals surface area contributed by atoms with Crippen LogP contribution in [0.25, 0.3) is 0 Å². The van der Waals surface area contributed by atoms with Crippen LogP contribution in [0.3, 0.4) is 0 Å². The lowest BCUT2D eigenvalue weighted by Crippen LogP contribution is -2.39. The Bertz CT molecular complexity index is 81.0. The molecule has 0 aliphatic rings. The molecule has 1 atom stereocenters. The van der Waals surface area contributed by atoms with Crippen LogP contribution in [-0.4, -0.2) is 25.7 Å². The zero-order valence-electron chi connectivity index (χ0n) is 6.86. The third-order valence-corrected chi connectivity index (χ3v) is 2.32. The van der Waals surface area contributed by atoms with Gasteiger partial charge in [-0.2, -0.15) is 0 Å². The standard InChI is InChI=1S/C6H17IN4/c1-2-9-4-3-6(11-7)5-10-8/h6,9-11H,2-5,8H2,1H3. The highest BCUT2D eigenvalue weighted by Crippen LogP contribution is 1.90. The lowest BCUT2D eigenvalue weighted by atomic mass is 10.2. The van der Waals surface area contributed by atoms with E-state index >= 15 is 0 Å². The van der Waals surface area contributed by atoms with E-state index < -0.39 is 0 Å². The Balaban J connectivity index is 3.20. The van der Waals surface area contributed by atoms with Crippen molar-refractivity contribution in [2.24, 2.45) is 5.84 Å². The fraction of sp³-hybridized carbons (Fsp3) is 1.00. The molecule has 0 saturated heterocycles. The number of hydrogen-bond donors (Lipinski definition) is 4. The van der Waals surface area contributed by atoms with E-state index in [1.54, 1.807) is 0 Å². The van der Waals surface area contributed by atoms with Crippen molar-refractivity contribution in [2.45, 2.75) is 19.4 Å². The van der Waals surface area contributed by atoms with Crippen molar-refractivity contribution in [3.8, 4) is 0 Å². The summed E-state index contributed by atoms with van der Waals surface area (Å²) in [6.07, 6.45) is 1.10. The first-order valence-corrected chi connectivity index (χ1v) is 4.93. The normalized spacial score (nSPS) is 13.4. The van der Waals surface area contributed by atoms with Crippen molar-refractivity contribution in [2.75, 3.05) is 19.6 Å². The minimum atomic E-state index is 0.458. The van der Waals surface area contributed by atoms with Crippen LogP contribution in [0.4, 0.5) is 0 Å². The number of nitrogens with two attached hydrogens (primary N) is 1. The van der Waals surface area contributed by atoms with E-state index in [1.165, 1.54) is 0 Å². The topological polar surface area (TPSA) is 62.1 Å². The molecule has 5 heteroatoms. The predicted octanol–water partition coefficient (Wildman–Crippen LogP) is -0.242. The van der Waals surface area contributed by atoms with Crippen LogP contribution in [-0.2, 0) is 0 Å². The summed E-state index contributed by atoms with van der Waals surface area (Å²) < 4.78 is 3.15. The number of halogens is 1. The summed E-state index contributed by atoms with van der Waals surface area (Å²) in [4.78, 5) is 0. The summed E-state index contributed by atoms with van der Waals surface area (Å²) in [6, 6.07) is 0.458. The molecule has 0 aromatic rings. The molecule has 0 saturated carbocycles. The van der Waals surface area contributed by atoms with E-state index in [4.69, 9.17) is 5.84 Å². The second-order valence-corrected chi connectivity index (χ2v) is 2.98. The van der Waals surface area contributed by atoms with Gasteiger partial charge in [0.05, 0.1) is 0 Å². The zero-order chi connectivity index (χ0) is 8.53. The molecule has 0 spiro atoms. The number of rotatable bonds is 7. The Hall–Kier alpha value is 0.570. The molecule has 0 radical (unpaired) electrons. The molecule has 0 amide bonds. The van der Waals surface area contributed by atoms with Crippen molar-refractivity contribution in [3.63, 3.8) is 0 Å². The molecule has 0 aromatic heterocycles. The maximum Gasteiger partial charge on any atom is 0.0314 e. The summed E-state index contributed by atoms with van der Waals surface area (Å²) in [5.74, 6) is 5.20. The minimum absolute atomic E-state index is 0.458. The summed E-state index contributed by atoms with van der Waals surface area (Å²) in [6.45, 7) is 4.99. The molecular weight excluding hydrogens is 255 g/mol. The van der Waals surface area contributed by atoms with Gasteiger partial charge in [-0.05, 0) is 19.5 Å². The second kappa shape index (κ2) is 8.66. The van der Waals surface area contributed by atoms with Crippen LogP contribution in [0, 0.1) is 0 Å². The van der Waals surface area contributed by atoms with Gasteiger partial charge in [-0.15, -0.1) is 0 Å².